The number of pyridine rings is 1. The van der Waals surface area contributed by atoms with Crippen LogP contribution >= 0.6 is 0 Å². The van der Waals surface area contributed by atoms with Gasteiger partial charge in [-0.05, 0) is 23.1 Å². The highest BCUT2D eigenvalue weighted by Crippen LogP contribution is 2.24. The first-order chi connectivity index (χ1) is 11.2. The second kappa shape index (κ2) is 6.18. The zero-order chi connectivity index (χ0) is 16.2. The second-order valence-electron chi connectivity index (χ2n) is 4.63. The quantitative estimate of drug-likeness (QED) is 0.406. The van der Waals surface area contributed by atoms with Crippen molar-refractivity contribution in [3.63, 3.8) is 0 Å². The van der Waals surface area contributed by atoms with Gasteiger partial charge in [0.2, 0.25) is 11.5 Å². The predicted octanol–water partition coefficient (Wildman–Crippen LogP) is 1.68. The molecule has 0 radical (unpaired) electrons. The van der Waals surface area contributed by atoms with Gasteiger partial charge in [-0.1, -0.05) is 6.07 Å². The van der Waals surface area contributed by atoms with Gasteiger partial charge >= 0.3 is 5.82 Å². The highest BCUT2D eigenvalue weighted by Gasteiger charge is 2.21. The number of nitrogens with zero attached hydrogens (tertiary/aromatic N) is 3. The van der Waals surface area contributed by atoms with E-state index in [4.69, 9.17) is 4.42 Å². The first-order valence-corrected chi connectivity index (χ1v) is 6.84. The monoisotopic (exact) mass is 315 g/mol. The Bertz CT molecular complexity index is 840. The van der Waals surface area contributed by atoms with E-state index in [1.807, 2.05) is 0 Å². The number of nitro groups is 1. The van der Waals surface area contributed by atoms with E-state index in [1.165, 1.54) is 10.7 Å². The molecule has 23 heavy (non-hydrogen) atoms. The second-order valence-corrected chi connectivity index (χ2v) is 4.63. The molecule has 2 N–H and O–H groups in total. The van der Waals surface area contributed by atoms with Crippen LogP contribution in [0.3, 0.4) is 0 Å². The van der Waals surface area contributed by atoms with Crippen molar-refractivity contribution in [2.24, 2.45) is 0 Å². The van der Waals surface area contributed by atoms with Crippen molar-refractivity contribution in [3.8, 4) is 0 Å². The van der Waals surface area contributed by atoms with Gasteiger partial charge in [-0.3, -0.25) is 4.79 Å². The van der Waals surface area contributed by atoms with E-state index in [1.54, 1.807) is 36.5 Å². The van der Waals surface area contributed by atoms with Gasteiger partial charge in [0.25, 0.3) is 5.91 Å². The Hall–Kier alpha value is -3.36. The van der Waals surface area contributed by atoms with Crippen molar-refractivity contribution in [2.45, 2.75) is 0 Å². The number of fused-ring (bicyclic) bond motifs is 1. The summed E-state index contributed by atoms with van der Waals surface area (Å²) in [5.41, 5.74) is 0.473. The number of hydrogen-bond donors (Lipinski definition) is 2. The molecule has 3 rings (SSSR count). The molecule has 3 heterocycles. The lowest BCUT2D eigenvalue weighted by atomic mass is 10.4. The molecule has 0 aliphatic carbocycles. The molecule has 3 aromatic rings. The number of furan rings is 1. The van der Waals surface area contributed by atoms with Crippen molar-refractivity contribution >= 4 is 23.2 Å². The van der Waals surface area contributed by atoms with Crippen LogP contribution in [0.15, 0.2) is 47.2 Å². The third kappa shape index (κ3) is 2.98. The number of rotatable bonds is 6. The summed E-state index contributed by atoms with van der Waals surface area (Å²) in [6, 6.07) is 8.29. The fourth-order valence-corrected chi connectivity index (χ4v) is 2.13. The predicted molar refractivity (Wildman–Crippen MR) is 81.4 cm³/mol. The Balaban J connectivity index is 1.64. The fourth-order valence-electron chi connectivity index (χ4n) is 2.13. The number of imidazole rings is 1. The molecule has 0 saturated carbocycles. The number of carbonyl (C=O) groups excluding carboxylic acids is 1. The van der Waals surface area contributed by atoms with E-state index in [2.05, 4.69) is 15.6 Å². The van der Waals surface area contributed by atoms with Gasteiger partial charge in [0.05, 0.1) is 12.5 Å². The fraction of sp³-hybridized carbons (Fsp3) is 0.143. The van der Waals surface area contributed by atoms with Gasteiger partial charge in [0, 0.05) is 19.2 Å². The summed E-state index contributed by atoms with van der Waals surface area (Å²) in [6.45, 7) is 0.557. The normalized spacial score (nSPS) is 10.6. The van der Waals surface area contributed by atoms with Crippen molar-refractivity contribution in [2.75, 3.05) is 18.4 Å². The third-order valence-electron chi connectivity index (χ3n) is 3.13. The molecule has 9 nitrogen and oxygen atoms in total. The molecule has 0 bridgehead atoms. The minimum absolute atomic E-state index is 0.141. The summed E-state index contributed by atoms with van der Waals surface area (Å²) in [5.74, 6) is -0.114. The van der Waals surface area contributed by atoms with Crippen LogP contribution in [0, 0.1) is 10.1 Å². The molecule has 9 heteroatoms. The third-order valence-corrected chi connectivity index (χ3v) is 3.13. The van der Waals surface area contributed by atoms with Crippen LogP contribution in [0.5, 0.6) is 0 Å². The van der Waals surface area contributed by atoms with Crippen LogP contribution in [0.4, 0.5) is 11.6 Å². The largest absolute Gasteiger partial charge is 0.459 e. The highest BCUT2D eigenvalue weighted by atomic mass is 16.6. The van der Waals surface area contributed by atoms with Gasteiger partial charge in [0.15, 0.2) is 5.76 Å². The van der Waals surface area contributed by atoms with Crippen molar-refractivity contribution < 1.29 is 14.1 Å². The standard InChI is InChI=1S/C14H13N5O4/c20-13(10-4-3-9-23-10)16-7-6-15-12-14(19(21)22)18-8-2-1-5-11(18)17-12/h1-5,8-9,15H,6-7H2,(H,16,20). The molecule has 0 spiro atoms. The maximum absolute atomic E-state index is 11.7. The first-order valence-electron chi connectivity index (χ1n) is 6.84. The summed E-state index contributed by atoms with van der Waals surface area (Å²) < 4.78 is 6.36. The molecule has 1 amide bonds. The lowest BCUT2D eigenvalue weighted by molar-refractivity contribution is -0.389. The van der Waals surface area contributed by atoms with Crippen molar-refractivity contribution in [1.29, 1.82) is 0 Å². The van der Waals surface area contributed by atoms with Crippen LogP contribution in [-0.2, 0) is 0 Å². The van der Waals surface area contributed by atoms with E-state index < -0.39 is 4.92 Å². The molecule has 0 fully saturated rings. The van der Waals surface area contributed by atoms with E-state index in [0.29, 0.717) is 5.65 Å². The molecule has 3 aromatic heterocycles. The summed E-state index contributed by atoms with van der Waals surface area (Å²) in [5, 5.41) is 16.7. The van der Waals surface area contributed by atoms with E-state index in [-0.39, 0.29) is 36.4 Å². The summed E-state index contributed by atoms with van der Waals surface area (Å²) in [6.07, 6.45) is 2.98. The average Bonchev–Trinajstić information content (AvgIpc) is 3.18. The number of aromatic nitrogens is 2. The number of carbonyl (C=O) groups is 1. The van der Waals surface area contributed by atoms with Crippen LogP contribution in [0.1, 0.15) is 10.6 Å². The van der Waals surface area contributed by atoms with Crippen molar-refractivity contribution in [3.05, 3.63) is 58.7 Å². The molecule has 0 atom stereocenters. The SMILES string of the molecule is O=C(NCCNc1nc2ccccn2c1[N+](=O)[O-])c1ccco1. The Morgan fingerprint density at radius 1 is 1.30 bits per heavy atom. The van der Waals surface area contributed by atoms with E-state index >= 15 is 0 Å². The summed E-state index contributed by atoms with van der Waals surface area (Å²) in [7, 11) is 0. The van der Waals surface area contributed by atoms with Crippen LogP contribution in [-0.4, -0.2) is 33.3 Å². The molecule has 0 unspecified atom stereocenters. The smallest absolute Gasteiger partial charge is 0.372 e. The topological polar surface area (TPSA) is 115 Å². The van der Waals surface area contributed by atoms with Gasteiger partial charge < -0.3 is 25.2 Å². The van der Waals surface area contributed by atoms with Gasteiger partial charge in [-0.25, -0.2) is 0 Å². The molecule has 0 saturated heterocycles. The number of amides is 1. The van der Waals surface area contributed by atoms with E-state index in [9.17, 15) is 14.9 Å². The first kappa shape index (κ1) is 14.6. The van der Waals surface area contributed by atoms with Crippen LogP contribution < -0.4 is 10.6 Å². The van der Waals surface area contributed by atoms with Gasteiger partial charge in [-0.15, -0.1) is 0 Å². The van der Waals surface area contributed by atoms with Gasteiger partial charge in [-0.2, -0.15) is 9.38 Å². The molecular formula is C14H13N5O4. The van der Waals surface area contributed by atoms with E-state index in [0.717, 1.165) is 0 Å². The Morgan fingerprint density at radius 2 is 2.17 bits per heavy atom. The van der Waals surface area contributed by atoms with Crippen molar-refractivity contribution in [1.82, 2.24) is 14.7 Å². The van der Waals surface area contributed by atoms with Gasteiger partial charge in [0.1, 0.15) is 0 Å². The van der Waals surface area contributed by atoms with Crippen LogP contribution in [0.2, 0.25) is 0 Å². The highest BCUT2D eigenvalue weighted by molar-refractivity contribution is 5.91. The molecule has 0 aromatic carbocycles. The number of hydrogen-bond acceptors (Lipinski definition) is 6. The lowest BCUT2D eigenvalue weighted by Gasteiger charge is -2.04. The lowest BCUT2D eigenvalue weighted by Crippen LogP contribution is -2.28. The summed E-state index contributed by atoms with van der Waals surface area (Å²) in [4.78, 5) is 26.6. The Morgan fingerprint density at radius 3 is 2.91 bits per heavy atom. The Labute approximate surface area is 130 Å². The molecule has 0 aliphatic rings. The zero-order valence-electron chi connectivity index (χ0n) is 11.9. The molecule has 0 aliphatic heterocycles. The minimum Gasteiger partial charge on any atom is -0.459 e. The zero-order valence-corrected chi connectivity index (χ0v) is 11.9. The maximum atomic E-state index is 11.7. The van der Waals surface area contributed by atoms with Crippen LogP contribution in [0.25, 0.3) is 5.65 Å². The average molecular weight is 315 g/mol. The Kier molecular flexibility index (Phi) is 3.91. The molecule has 118 valence electrons. The number of nitrogens with one attached hydrogen (secondary N) is 2. The minimum atomic E-state index is -0.496. The number of anilines is 1. The molecular weight excluding hydrogens is 302 g/mol. The summed E-state index contributed by atoms with van der Waals surface area (Å²) >= 11 is 0. The maximum Gasteiger partial charge on any atom is 0.372 e.